The van der Waals surface area contributed by atoms with Gasteiger partial charge in [-0.05, 0) is 28.1 Å². The first-order chi connectivity index (χ1) is 8.06. The summed E-state index contributed by atoms with van der Waals surface area (Å²) >= 11 is 5.24. The zero-order chi connectivity index (χ0) is 12.4. The van der Waals surface area contributed by atoms with E-state index in [4.69, 9.17) is 0 Å². The fourth-order valence-corrected chi connectivity index (χ4v) is 3.75. The molecule has 0 saturated carbocycles. The van der Waals surface area contributed by atoms with E-state index in [0.717, 1.165) is 13.1 Å². The maximum Gasteiger partial charge on any atom is 0.254 e. The number of hydrogen-bond acceptors (Lipinski definition) is 3. The van der Waals surface area contributed by atoms with Gasteiger partial charge in [0.1, 0.15) is 4.60 Å². The summed E-state index contributed by atoms with van der Waals surface area (Å²) in [6, 6.07) is 3.55. The minimum Gasteiger partial charge on any atom is -0.336 e. The van der Waals surface area contributed by atoms with Crippen LogP contribution in [0.2, 0.25) is 0 Å². The minimum atomic E-state index is 0.104. The topological polar surface area (TPSA) is 33.2 Å². The molecule has 1 amide bonds. The Morgan fingerprint density at radius 2 is 2.12 bits per heavy atom. The minimum absolute atomic E-state index is 0.104. The Balaban J connectivity index is 2.14. The highest BCUT2D eigenvalue weighted by Gasteiger charge is 2.26. The summed E-state index contributed by atoms with van der Waals surface area (Å²) in [5.74, 6) is 0.104. The Morgan fingerprint density at radius 1 is 1.47 bits per heavy atom. The van der Waals surface area contributed by atoms with Crippen LogP contribution in [0.1, 0.15) is 24.2 Å². The van der Waals surface area contributed by atoms with Crippen molar-refractivity contribution in [1.82, 2.24) is 9.88 Å². The van der Waals surface area contributed by atoms with Crippen molar-refractivity contribution >= 4 is 33.6 Å². The van der Waals surface area contributed by atoms with Crippen LogP contribution in [0.4, 0.5) is 0 Å². The summed E-state index contributed by atoms with van der Waals surface area (Å²) in [5, 5.41) is 1.01. The predicted octanol–water partition coefficient (Wildman–Crippen LogP) is 2.81. The van der Waals surface area contributed by atoms with Gasteiger partial charge in [-0.1, -0.05) is 13.8 Å². The molecule has 1 fully saturated rings. The van der Waals surface area contributed by atoms with Gasteiger partial charge in [-0.15, -0.1) is 0 Å². The molecular weight excluding hydrogens is 300 g/mol. The van der Waals surface area contributed by atoms with E-state index in [-0.39, 0.29) is 5.91 Å². The van der Waals surface area contributed by atoms with Crippen LogP contribution in [0.15, 0.2) is 22.9 Å². The highest BCUT2D eigenvalue weighted by atomic mass is 79.9. The van der Waals surface area contributed by atoms with Gasteiger partial charge in [-0.3, -0.25) is 4.79 Å². The van der Waals surface area contributed by atoms with Crippen LogP contribution in [0.5, 0.6) is 0 Å². The summed E-state index contributed by atoms with van der Waals surface area (Å²) in [6.45, 7) is 5.99. The van der Waals surface area contributed by atoms with Gasteiger partial charge in [0.25, 0.3) is 5.91 Å². The largest absolute Gasteiger partial charge is 0.336 e. The molecule has 1 aromatic heterocycles. The molecule has 1 saturated heterocycles. The molecular formula is C12H15BrN2OS. The van der Waals surface area contributed by atoms with Crippen LogP contribution in [0, 0.1) is 0 Å². The van der Waals surface area contributed by atoms with Crippen LogP contribution in [-0.2, 0) is 0 Å². The van der Waals surface area contributed by atoms with Gasteiger partial charge in [-0.25, -0.2) is 4.98 Å². The van der Waals surface area contributed by atoms with E-state index in [1.165, 1.54) is 0 Å². The molecule has 1 aliphatic heterocycles. The lowest BCUT2D eigenvalue weighted by Crippen LogP contribution is -2.44. The van der Waals surface area contributed by atoms with E-state index in [1.807, 2.05) is 16.7 Å². The maximum atomic E-state index is 12.3. The number of nitrogens with zero attached hydrogens (tertiary/aromatic N) is 2. The third kappa shape index (κ3) is 3.22. The van der Waals surface area contributed by atoms with E-state index in [2.05, 4.69) is 34.8 Å². The van der Waals surface area contributed by atoms with Gasteiger partial charge in [0.15, 0.2) is 0 Å². The fourth-order valence-electron chi connectivity index (χ4n) is 2.06. The normalized spacial score (nSPS) is 24.8. The molecule has 17 heavy (non-hydrogen) atoms. The molecule has 2 heterocycles. The van der Waals surface area contributed by atoms with Gasteiger partial charge in [0.05, 0.1) is 0 Å². The first kappa shape index (κ1) is 12.9. The van der Waals surface area contributed by atoms with Crippen molar-refractivity contribution in [2.45, 2.75) is 24.3 Å². The molecule has 0 N–H and O–H groups in total. The number of carbonyl (C=O) groups is 1. The molecule has 2 atom stereocenters. The molecule has 3 nitrogen and oxygen atoms in total. The number of rotatable bonds is 1. The van der Waals surface area contributed by atoms with Crippen molar-refractivity contribution in [1.29, 1.82) is 0 Å². The monoisotopic (exact) mass is 314 g/mol. The van der Waals surface area contributed by atoms with Crippen LogP contribution in [0.25, 0.3) is 0 Å². The lowest BCUT2D eigenvalue weighted by Gasteiger charge is -2.34. The molecule has 2 unspecified atom stereocenters. The van der Waals surface area contributed by atoms with Gasteiger partial charge < -0.3 is 4.90 Å². The van der Waals surface area contributed by atoms with Crippen molar-refractivity contribution in [2.24, 2.45) is 0 Å². The Morgan fingerprint density at radius 3 is 2.71 bits per heavy atom. The molecule has 0 radical (unpaired) electrons. The standard InChI is InChI=1S/C12H15BrN2OS/c1-8-6-15(7-9(2)17-8)12(16)10-3-4-14-11(13)5-10/h3-5,8-9H,6-7H2,1-2H3. The summed E-state index contributed by atoms with van der Waals surface area (Å²) < 4.78 is 0.704. The molecule has 0 aliphatic carbocycles. The molecule has 0 spiro atoms. The first-order valence-corrected chi connectivity index (χ1v) is 7.36. The van der Waals surface area contributed by atoms with Crippen LogP contribution in [0.3, 0.4) is 0 Å². The van der Waals surface area contributed by atoms with Gasteiger partial charge in [-0.2, -0.15) is 11.8 Å². The Hall–Kier alpha value is -0.550. The quantitative estimate of drug-likeness (QED) is 0.747. The molecule has 1 aliphatic rings. The van der Waals surface area contributed by atoms with Crippen molar-refractivity contribution in [2.75, 3.05) is 13.1 Å². The number of aromatic nitrogens is 1. The second-order valence-corrected chi connectivity index (χ2v) is 7.03. The van der Waals surface area contributed by atoms with Crippen LogP contribution >= 0.6 is 27.7 Å². The van der Waals surface area contributed by atoms with Gasteiger partial charge >= 0.3 is 0 Å². The lowest BCUT2D eigenvalue weighted by molar-refractivity contribution is 0.0753. The predicted molar refractivity (Wildman–Crippen MR) is 74.4 cm³/mol. The molecule has 5 heteroatoms. The zero-order valence-electron chi connectivity index (χ0n) is 9.89. The van der Waals surface area contributed by atoms with E-state index >= 15 is 0 Å². The fraction of sp³-hybridized carbons (Fsp3) is 0.500. The summed E-state index contributed by atoms with van der Waals surface area (Å²) in [4.78, 5) is 18.3. The Labute approximate surface area is 114 Å². The number of hydrogen-bond donors (Lipinski definition) is 0. The number of amides is 1. The molecule has 92 valence electrons. The molecule has 0 bridgehead atoms. The number of thioether (sulfide) groups is 1. The van der Waals surface area contributed by atoms with E-state index in [1.54, 1.807) is 18.3 Å². The Kier molecular flexibility index (Phi) is 4.09. The van der Waals surface area contributed by atoms with Crippen LogP contribution < -0.4 is 0 Å². The third-order valence-corrected chi connectivity index (χ3v) is 4.34. The SMILES string of the molecule is CC1CN(C(=O)c2ccnc(Br)c2)CC(C)S1. The maximum absolute atomic E-state index is 12.3. The summed E-state index contributed by atoms with van der Waals surface area (Å²) in [6.07, 6.45) is 1.66. The summed E-state index contributed by atoms with van der Waals surface area (Å²) in [7, 11) is 0. The summed E-state index contributed by atoms with van der Waals surface area (Å²) in [5.41, 5.74) is 0.707. The van der Waals surface area contributed by atoms with Crippen LogP contribution in [-0.4, -0.2) is 39.4 Å². The van der Waals surface area contributed by atoms with Crippen molar-refractivity contribution < 1.29 is 4.79 Å². The number of halogens is 1. The smallest absolute Gasteiger partial charge is 0.254 e. The van der Waals surface area contributed by atoms with Crippen molar-refractivity contribution in [3.05, 3.63) is 28.5 Å². The van der Waals surface area contributed by atoms with Crippen molar-refractivity contribution in [3.63, 3.8) is 0 Å². The lowest BCUT2D eigenvalue weighted by atomic mass is 10.2. The third-order valence-electron chi connectivity index (χ3n) is 2.68. The molecule has 2 rings (SSSR count). The van der Waals surface area contributed by atoms with Gasteiger partial charge in [0.2, 0.25) is 0 Å². The second kappa shape index (κ2) is 5.40. The Bertz CT molecular complexity index is 417. The van der Waals surface area contributed by atoms with E-state index in [9.17, 15) is 4.79 Å². The number of pyridine rings is 1. The van der Waals surface area contributed by atoms with Crippen molar-refractivity contribution in [3.8, 4) is 0 Å². The molecule has 0 aromatic carbocycles. The van der Waals surface area contributed by atoms with E-state index in [0.29, 0.717) is 20.7 Å². The number of carbonyl (C=O) groups excluding carboxylic acids is 1. The first-order valence-electron chi connectivity index (χ1n) is 5.62. The second-order valence-electron chi connectivity index (χ2n) is 4.33. The highest BCUT2D eigenvalue weighted by molar-refractivity contribution is 9.10. The van der Waals surface area contributed by atoms with Gasteiger partial charge in [0, 0.05) is 35.3 Å². The molecule has 1 aromatic rings. The highest BCUT2D eigenvalue weighted by Crippen LogP contribution is 2.25. The average Bonchev–Trinajstić information content (AvgIpc) is 2.26. The zero-order valence-corrected chi connectivity index (χ0v) is 12.3. The average molecular weight is 315 g/mol. The van der Waals surface area contributed by atoms with E-state index < -0.39 is 0 Å².